The average molecular weight is 483 g/mol. The maximum Gasteiger partial charge on any atom is 0.300 e. The molecule has 33 heavy (non-hydrogen) atoms. The second-order valence-electron chi connectivity index (χ2n) is 7.63. The van der Waals surface area contributed by atoms with Crippen molar-refractivity contribution in [1.29, 1.82) is 0 Å². The van der Waals surface area contributed by atoms with E-state index in [9.17, 15) is 23.1 Å². The van der Waals surface area contributed by atoms with Crippen LogP contribution in [0.15, 0.2) is 83.3 Å². The van der Waals surface area contributed by atoms with Crippen molar-refractivity contribution in [1.82, 2.24) is 0 Å². The highest BCUT2D eigenvalue weighted by molar-refractivity contribution is 7.89. The van der Waals surface area contributed by atoms with Crippen LogP contribution in [0.2, 0.25) is 5.02 Å². The van der Waals surface area contributed by atoms with Crippen LogP contribution in [0.1, 0.15) is 22.7 Å². The van der Waals surface area contributed by atoms with Crippen LogP contribution in [0.25, 0.3) is 5.76 Å². The van der Waals surface area contributed by atoms with Crippen LogP contribution >= 0.6 is 11.6 Å². The fourth-order valence-electron chi connectivity index (χ4n) is 3.75. The molecule has 1 atom stereocenters. The van der Waals surface area contributed by atoms with Gasteiger partial charge in [-0.2, -0.15) is 0 Å². The molecule has 1 heterocycles. The van der Waals surface area contributed by atoms with E-state index in [1.807, 2.05) is 6.92 Å². The van der Waals surface area contributed by atoms with Gasteiger partial charge in [0.1, 0.15) is 5.76 Å². The summed E-state index contributed by atoms with van der Waals surface area (Å²) >= 11 is 6.17. The minimum Gasteiger partial charge on any atom is -0.507 e. The maximum absolute atomic E-state index is 13.1. The minimum absolute atomic E-state index is 0.0957. The highest BCUT2D eigenvalue weighted by Gasteiger charge is 2.47. The van der Waals surface area contributed by atoms with Crippen LogP contribution in [0.5, 0.6) is 0 Å². The third kappa shape index (κ3) is 4.28. The number of anilines is 1. The monoisotopic (exact) mass is 482 g/mol. The highest BCUT2D eigenvalue weighted by atomic mass is 35.5. The molecule has 0 radical (unpaired) electrons. The maximum atomic E-state index is 13.1. The molecule has 0 saturated carbocycles. The number of sulfonamides is 1. The number of benzene rings is 3. The van der Waals surface area contributed by atoms with Crippen LogP contribution in [-0.4, -0.2) is 25.2 Å². The molecule has 9 heteroatoms. The van der Waals surface area contributed by atoms with Crippen molar-refractivity contribution in [2.45, 2.75) is 17.9 Å². The summed E-state index contributed by atoms with van der Waals surface area (Å²) in [6.45, 7) is 1.89. The SMILES string of the molecule is Cc1ccc(/C(O)=C2\C(=O)C(=O)N(c3ccc(S(N)(=O)=O)cc3)C2c2cccc(Cl)c2)cc1. The van der Waals surface area contributed by atoms with Crippen LogP contribution in [0.4, 0.5) is 5.69 Å². The molecule has 1 saturated heterocycles. The Labute approximate surface area is 195 Å². The molecule has 1 aliphatic heterocycles. The van der Waals surface area contributed by atoms with Crippen molar-refractivity contribution in [2.24, 2.45) is 5.14 Å². The number of ketones is 1. The Hall–Kier alpha value is -3.46. The van der Waals surface area contributed by atoms with Gasteiger partial charge in [0.25, 0.3) is 11.7 Å². The minimum atomic E-state index is -3.94. The highest BCUT2D eigenvalue weighted by Crippen LogP contribution is 2.42. The van der Waals surface area contributed by atoms with Gasteiger partial charge >= 0.3 is 0 Å². The van der Waals surface area contributed by atoms with Crippen molar-refractivity contribution in [2.75, 3.05) is 4.90 Å². The first kappa shape index (κ1) is 22.7. The molecule has 3 N–H and O–H groups in total. The first-order chi connectivity index (χ1) is 15.6. The molecule has 3 aromatic rings. The topological polar surface area (TPSA) is 118 Å². The molecular weight excluding hydrogens is 464 g/mol. The molecule has 1 fully saturated rings. The van der Waals surface area contributed by atoms with E-state index in [1.165, 1.54) is 29.2 Å². The van der Waals surface area contributed by atoms with E-state index in [2.05, 4.69) is 0 Å². The largest absolute Gasteiger partial charge is 0.507 e. The summed E-state index contributed by atoms with van der Waals surface area (Å²) in [4.78, 5) is 27.3. The third-order valence-electron chi connectivity index (χ3n) is 5.38. The molecule has 1 unspecified atom stereocenters. The lowest BCUT2D eigenvalue weighted by Crippen LogP contribution is -2.29. The summed E-state index contributed by atoms with van der Waals surface area (Å²) in [5.74, 6) is -2.05. The average Bonchev–Trinajstić information content (AvgIpc) is 3.04. The summed E-state index contributed by atoms with van der Waals surface area (Å²) < 4.78 is 23.2. The van der Waals surface area contributed by atoms with Crippen molar-refractivity contribution in [3.05, 3.63) is 100 Å². The van der Waals surface area contributed by atoms with Gasteiger partial charge < -0.3 is 5.11 Å². The lowest BCUT2D eigenvalue weighted by molar-refractivity contribution is -0.132. The summed E-state index contributed by atoms with van der Waals surface area (Å²) in [5.41, 5.74) is 2.02. The molecule has 168 valence electrons. The predicted molar refractivity (Wildman–Crippen MR) is 125 cm³/mol. The van der Waals surface area contributed by atoms with E-state index < -0.39 is 27.8 Å². The van der Waals surface area contributed by atoms with Crippen molar-refractivity contribution in [3.8, 4) is 0 Å². The Balaban J connectivity index is 1.92. The first-order valence-electron chi connectivity index (χ1n) is 9.84. The third-order valence-corrected chi connectivity index (χ3v) is 6.54. The number of carbonyl (C=O) groups is 2. The molecule has 0 bridgehead atoms. The number of hydrogen-bond acceptors (Lipinski definition) is 5. The van der Waals surface area contributed by atoms with Crippen molar-refractivity contribution >= 4 is 44.8 Å². The Morgan fingerprint density at radius 3 is 2.21 bits per heavy atom. The van der Waals surface area contributed by atoms with Crippen LogP contribution < -0.4 is 10.0 Å². The zero-order valence-corrected chi connectivity index (χ0v) is 19.0. The number of nitrogens with two attached hydrogens (primary N) is 1. The van der Waals surface area contributed by atoms with Crippen molar-refractivity contribution < 1.29 is 23.1 Å². The number of rotatable bonds is 4. The van der Waals surface area contributed by atoms with Gasteiger partial charge in [-0.15, -0.1) is 0 Å². The van der Waals surface area contributed by atoms with Crippen molar-refractivity contribution in [3.63, 3.8) is 0 Å². The summed E-state index contributed by atoms with van der Waals surface area (Å²) in [6.07, 6.45) is 0. The first-order valence-corrected chi connectivity index (χ1v) is 11.8. The molecule has 0 aromatic heterocycles. The number of aryl methyl sites for hydroxylation is 1. The smallest absolute Gasteiger partial charge is 0.300 e. The number of primary sulfonamides is 1. The van der Waals surface area contributed by atoms with Gasteiger partial charge in [0.2, 0.25) is 10.0 Å². The zero-order chi connectivity index (χ0) is 23.9. The summed E-state index contributed by atoms with van der Waals surface area (Å²) in [5, 5.41) is 16.6. The molecule has 1 amide bonds. The summed E-state index contributed by atoms with van der Waals surface area (Å²) in [6, 6.07) is 17.8. The number of hydrogen-bond donors (Lipinski definition) is 2. The standard InChI is InChI=1S/C24H19ClN2O5S/c1-14-5-7-15(8-6-14)22(28)20-21(16-3-2-4-17(25)13-16)27(24(30)23(20)29)18-9-11-19(12-10-18)33(26,31)32/h2-13,21,28H,1H3,(H2,26,31,32)/b22-20+. The second kappa shape index (κ2) is 8.47. The van der Waals surface area contributed by atoms with Gasteiger partial charge in [-0.3, -0.25) is 14.5 Å². The Morgan fingerprint density at radius 1 is 1.00 bits per heavy atom. The van der Waals surface area contributed by atoms with E-state index in [-0.39, 0.29) is 21.9 Å². The van der Waals surface area contributed by atoms with Gasteiger partial charge in [-0.05, 0) is 48.9 Å². The Morgan fingerprint density at radius 2 is 1.64 bits per heavy atom. The number of aliphatic hydroxyl groups excluding tert-OH is 1. The van der Waals surface area contributed by atoms with Crippen LogP contribution in [0, 0.1) is 6.92 Å². The van der Waals surface area contributed by atoms with Gasteiger partial charge in [0, 0.05) is 16.3 Å². The molecule has 4 rings (SSSR count). The molecule has 7 nitrogen and oxygen atoms in total. The Kier molecular flexibility index (Phi) is 5.84. The fourth-order valence-corrected chi connectivity index (χ4v) is 4.47. The lowest BCUT2D eigenvalue weighted by Gasteiger charge is -2.25. The van der Waals surface area contributed by atoms with Crippen LogP contribution in [0.3, 0.4) is 0 Å². The molecular formula is C24H19ClN2O5S. The van der Waals surface area contributed by atoms with E-state index >= 15 is 0 Å². The van der Waals surface area contributed by atoms with Crippen LogP contribution in [-0.2, 0) is 19.6 Å². The summed E-state index contributed by atoms with van der Waals surface area (Å²) in [7, 11) is -3.94. The van der Waals surface area contributed by atoms with E-state index in [0.29, 0.717) is 16.1 Å². The number of nitrogens with zero attached hydrogens (tertiary/aromatic N) is 1. The number of carbonyl (C=O) groups excluding carboxylic acids is 2. The van der Waals surface area contributed by atoms with E-state index in [1.54, 1.807) is 48.5 Å². The van der Waals surface area contributed by atoms with Gasteiger partial charge in [0.05, 0.1) is 16.5 Å². The Bertz CT molecular complexity index is 1400. The number of amides is 1. The second-order valence-corrected chi connectivity index (χ2v) is 9.63. The normalized spacial score (nSPS) is 18.0. The zero-order valence-electron chi connectivity index (χ0n) is 17.4. The molecule has 1 aliphatic rings. The lowest BCUT2D eigenvalue weighted by atomic mass is 9.95. The number of halogens is 1. The number of aliphatic hydroxyl groups is 1. The van der Waals surface area contributed by atoms with E-state index in [0.717, 1.165) is 5.56 Å². The number of Topliss-reactive ketones (excluding diaryl/α,β-unsaturated/α-hetero) is 1. The predicted octanol–water partition coefficient (Wildman–Crippen LogP) is 3.92. The van der Waals surface area contributed by atoms with Gasteiger partial charge in [-0.25, -0.2) is 13.6 Å². The fraction of sp³-hybridized carbons (Fsp3) is 0.0833. The van der Waals surface area contributed by atoms with Gasteiger partial charge in [-0.1, -0.05) is 53.6 Å². The van der Waals surface area contributed by atoms with Gasteiger partial charge in [0.15, 0.2) is 0 Å². The molecule has 3 aromatic carbocycles. The molecule has 0 aliphatic carbocycles. The quantitative estimate of drug-likeness (QED) is 0.332. The molecule has 0 spiro atoms. The van der Waals surface area contributed by atoms with E-state index in [4.69, 9.17) is 16.7 Å².